The molecule has 0 radical (unpaired) electrons. The van der Waals surface area contributed by atoms with E-state index in [1.54, 1.807) is 11.3 Å². The molecular weight excluding hydrogens is 316 g/mol. The highest BCUT2D eigenvalue weighted by molar-refractivity contribution is 7.97. The molecule has 6 heteroatoms. The van der Waals surface area contributed by atoms with Gasteiger partial charge in [0.05, 0.1) is 6.61 Å². The van der Waals surface area contributed by atoms with Crippen LogP contribution in [0.4, 0.5) is 5.69 Å². The molecule has 0 aliphatic carbocycles. The number of hydrogen-bond acceptors (Lipinski definition) is 6. The Balaban J connectivity index is 1.49. The quantitative estimate of drug-likeness (QED) is 0.625. The van der Waals surface area contributed by atoms with E-state index in [0.29, 0.717) is 6.61 Å². The van der Waals surface area contributed by atoms with Crippen molar-refractivity contribution in [3.63, 3.8) is 0 Å². The van der Waals surface area contributed by atoms with Crippen LogP contribution < -0.4 is 10.0 Å². The predicted molar refractivity (Wildman–Crippen MR) is 91.2 cm³/mol. The molecular formula is C16H18N2O2S2. The number of hydrogen-bond donors (Lipinski definition) is 2. The van der Waals surface area contributed by atoms with Crippen LogP contribution in [0.1, 0.15) is 16.9 Å². The Morgan fingerprint density at radius 1 is 1.32 bits per heavy atom. The standard InChI is InChI=1S/C16H18N2O2S2/c1-11-7-9-21-15(11)10-17-12-2-4-13(5-3-12)22-18-14-6-8-20-16(14)19/h2-5,7,9,14,17-18H,6,8,10H2,1H3. The van der Waals surface area contributed by atoms with E-state index in [0.717, 1.165) is 23.5 Å². The van der Waals surface area contributed by atoms with Crippen molar-refractivity contribution in [3.05, 3.63) is 46.2 Å². The minimum absolute atomic E-state index is 0.155. The number of ether oxygens (including phenoxy) is 1. The van der Waals surface area contributed by atoms with Gasteiger partial charge in [0.15, 0.2) is 0 Å². The van der Waals surface area contributed by atoms with Crippen molar-refractivity contribution in [2.75, 3.05) is 11.9 Å². The number of rotatable bonds is 6. The third kappa shape index (κ3) is 3.82. The maximum atomic E-state index is 11.4. The summed E-state index contributed by atoms with van der Waals surface area (Å²) >= 11 is 3.25. The van der Waals surface area contributed by atoms with E-state index < -0.39 is 0 Å². The Morgan fingerprint density at radius 3 is 2.77 bits per heavy atom. The van der Waals surface area contributed by atoms with Gasteiger partial charge in [0, 0.05) is 28.4 Å². The summed E-state index contributed by atoms with van der Waals surface area (Å²) in [6.45, 7) is 3.50. The zero-order valence-corrected chi connectivity index (χ0v) is 13.9. The third-order valence-electron chi connectivity index (χ3n) is 3.53. The van der Waals surface area contributed by atoms with Crippen LogP contribution in [0.5, 0.6) is 0 Å². The fourth-order valence-electron chi connectivity index (χ4n) is 2.15. The highest BCUT2D eigenvalue weighted by atomic mass is 32.2. The van der Waals surface area contributed by atoms with Gasteiger partial charge < -0.3 is 10.1 Å². The van der Waals surface area contributed by atoms with Crippen LogP contribution in [0.3, 0.4) is 0 Å². The molecule has 1 aliphatic heterocycles. The van der Waals surface area contributed by atoms with Gasteiger partial charge in [-0.05, 0) is 60.1 Å². The summed E-state index contributed by atoms with van der Waals surface area (Å²) in [5.41, 5.74) is 2.43. The number of carbonyl (C=O) groups excluding carboxylic acids is 1. The topological polar surface area (TPSA) is 50.4 Å². The fraction of sp³-hybridized carbons (Fsp3) is 0.312. The molecule has 3 rings (SSSR count). The van der Waals surface area contributed by atoms with E-state index in [2.05, 4.69) is 40.5 Å². The molecule has 4 nitrogen and oxygen atoms in total. The highest BCUT2D eigenvalue weighted by Gasteiger charge is 2.25. The molecule has 1 aliphatic rings. The monoisotopic (exact) mass is 334 g/mol. The van der Waals surface area contributed by atoms with Crippen LogP contribution in [0.15, 0.2) is 40.6 Å². The lowest BCUT2D eigenvalue weighted by molar-refractivity contribution is -0.139. The number of aryl methyl sites for hydroxylation is 1. The van der Waals surface area contributed by atoms with Crippen molar-refractivity contribution in [1.29, 1.82) is 0 Å². The molecule has 1 unspecified atom stereocenters. The lowest BCUT2D eigenvalue weighted by atomic mass is 10.2. The maximum absolute atomic E-state index is 11.4. The van der Waals surface area contributed by atoms with Gasteiger partial charge in [0.25, 0.3) is 0 Å². The Morgan fingerprint density at radius 2 is 2.14 bits per heavy atom. The van der Waals surface area contributed by atoms with E-state index in [1.807, 2.05) is 12.1 Å². The van der Waals surface area contributed by atoms with Crippen molar-refractivity contribution in [2.24, 2.45) is 0 Å². The number of esters is 1. The normalized spacial score (nSPS) is 17.5. The van der Waals surface area contributed by atoms with Crippen LogP contribution in [0.2, 0.25) is 0 Å². The van der Waals surface area contributed by atoms with Gasteiger partial charge in [-0.1, -0.05) is 0 Å². The van der Waals surface area contributed by atoms with Crippen LogP contribution in [0, 0.1) is 6.92 Å². The van der Waals surface area contributed by atoms with Gasteiger partial charge >= 0.3 is 5.97 Å². The van der Waals surface area contributed by atoms with Crippen molar-refractivity contribution in [2.45, 2.75) is 30.8 Å². The van der Waals surface area contributed by atoms with Crippen LogP contribution in [-0.4, -0.2) is 18.6 Å². The first kappa shape index (κ1) is 15.4. The van der Waals surface area contributed by atoms with Gasteiger partial charge in [0.2, 0.25) is 0 Å². The maximum Gasteiger partial charge on any atom is 0.324 e. The number of nitrogens with one attached hydrogen (secondary N) is 2. The second kappa shape index (κ2) is 7.17. The van der Waals surface area contributed by atoms with E-state index in [4.69, 9.17) is 4.74 Å². The highest BCUT2D eigenvalue weighted by Crippen LogP contribution is 2.22. The van der Waals surface area contributed by atoms with Crippen molar-refractivity contribution in [3.8, 4) is 0 Å². The van der Waals surface area contributed by atoms with E-state index in [-0.39, 0.29) is 12.0 Å². The lowest BCUT2D eigenvalue weighted by Crippen LogP contribution is -2.27. The van der Waals surface area contributed by atoms with Gasteiger partial charge in [-0.3, -0.25) is 4.79 Å². The molecule has 1 fully saturated rings. The number of anilines is 1. The summed E-state index contributed by atoms with van der Waals surface area (Å²) in [6, 6.07) is 10.1. The minimum Gasteiger partial charge on any atom is -0.464 e. The summed E-state index contributed by atoms with van der Waals surface area (Å²) in [5, 5.41) is 5.54. The van der Waals surface area contributed by atoms with Gasteiger partial charge in [-0.2, -0.15) is 0 Å². The fourth-order valence-corrected chi connectivity index (χ4v) is 3.76. The predicted octanol–water partition coefficient (Wildman–Crippen LogP) is 3.58. The van der Waals surface area contributed by atoms with Gasteiger partial charge in [-0.25, -0.2) is 4.72 Å². The Bertz CT molecular complexity index is 640. The molecule has 2 N–H and O–H groups in total. The SMILES string of the molecule is Cc1ccsc1CNc1ccc(SNC2CCOC2=O)cc1. The zero-order valence-electron chi connectivity index (χ0n) is 12.3. The molecule has 1 atom stereocenters. The molecule has 116 valence electrons. The first-order chi connectivity index (χ1) is 10.7. The average molecular weight is 334 g/mol. The summed E-state index contributed by atoms with van der Waals surface area (Å²) < 4.78 is 8.08. The number of benzene rings is 1. The van der Waals surface area contributed by atoms with Crippen molar-refractivity contribution in [1.82, 2.24) is 4.72 Å². The third-order valence-corrected chi connectivity index (χ3v) is 5.46. The Hall–Kier alpha value is -1.50. The van der Waals surface area contributed by atoms with E-state index in [9.17, 15) is 4.79 Å². The molecule has 0 bridgehead atoms. The lowest BCUT2D eigenvalue weighted by Gasteiger charge is -2.09. The van der Waals surface area contributed by atoms with Crippen LogP contribution >= 0.6 is 23.3 Å². The van der Waals surface area contributed by atoms with Crippen LogP contribution in [0.25, 0.3) is 0 Å². The molecule has 1 aromatic heterocycles. The Labute approximate surface area is 138 Å². The molecule has 1 aromatic carbocycles. The summed E-state index contributed by atoms with van der Waals surface area (Å²) in [5.74, 6) is -0.155. The molecule has 1 saturated heterocycles. The Kier molecular flexibility index (Phi) is 5.02. The van der Waals surface area contributed by atoms with Crippen molar-refractivity contribution >= 4 is 34.9 Å². The molecule has 0 saturated carbocycles. The molecule has 0 amide bonds. The molecule has 0 spiro atoms. The molecule has 2 heterocycles. The van der Waals surface area contributed by atoms with Crippen molar-refractivity contribution < 1.29 is 9.53 Å². The summed E-state index contributed by atoms with van der Waals surface area (Å²) in [6.07, 6.45) is 0.742. The second-order valence-electron chi connectivity index (χ2n) is 5.13. The number of thiophene rings is 1. The van der Waals surface area contributed by atoms with Gasteiger partial charge in [0.1, 0.15) is 6.04 Å². The smallest absolute Gasteiger partial charge is 0.324 e. The molecule has 2 aromatic rings. The van der Waals surface area contributed by atoms with Crippen LogP contribution in [-0.2, 0) is 16.1 Å². The summed E-state index contributed by atoms with van der Waals surface area (Å²) in [4.78, 5) is 13.8. The minimum atomic E-state index is -0.190. The number of cyclic esters (lactones) is 1. The average Bonchev–Trinajstić information content (AvgIpc) is 3.12. The summed E-state index contributed by atoms with van der Waals surface area (Å²) in [7, 11) is 0. The largest absolute Gasteiger partial charge is 0.464 e. The van der Waals surface area contributed by atoms with E-state index in [1.165, 1.54) is 22.4 Å². The molecule has 22 heavy (non-hydrogen) atoms. The zero-order chi connectivity index (χ0) is 15.4. The first-order valence-corrected chi connectivity index (χ1v) is 8.88. The van der Waals surface area contributed by atoms with E-state index >= 15 is 0 Å². The van der Waals surface area contributed by atoms with Gasteiger partial charge in [-0.15, -0.1) is 11.3 Å². The second-order valence-corrected chi connectivity index (χ2v) is 7.05. The first-order valence-electron chi connectivity index (χ1n) is 7.18. The number of carbonyl (C=O) groups is 1.